The summed E-state index contributed by atoms with van der Waals surface area (Å²) in [5.74, 6) is 1.46. The fraction of sp³-hybridized carbons (Fsp3) is 0.909. The molecule has 0 aliphatic carbocycles. The molecule has 1 rings (SSSR count). The van der Waals surface area contributed by atoms with Crippen molar-refractivity contribution in [2.75, 3.05) is 19.6 Å². The minimum atomic E-state index is -0.698. The van der Waals surface area contributed by atoms with E-state index >= 15 is 0 Å². The average molecular weight is 195 g/mol. The quantitative estimate of drug-likeness (QED) is 0.720. The van der Waals surface area contributed by atoms with Gasteiger partial charge in [-0.3, -0.25) is 4.90 Å². The highest BCUT2D eigenvalue weighted by Crippen LogP contribution is 2.21. The summed E-state index contributed by atoms with van der Waals surface area (Å²) in [6, 6.07) is 2.15. The van der Waals surface area contributed by atoms with Gasteiger partial charge in [0.1, 0.15) is 5.54 Å². The normalized spacial score (nSPS) is 33.4. The monoisotopic (exact) mass is 195 g/mol. The maximum Gasteiger partial charge on any atom is 0.114 e. The van der Waals surface area contributed by atoms with Crippen molar-refractivity contribution in [3.05, 3.63) is 0 Å². The number of rotatable bonds is 2. The van der Waals surface area contributed by atoms with Gasteiger partial charge in [-0.1, -0.05) is 13.8 Å². The lowest BCUT2D eigenvalue weighted by Crippen LogP contribution is -2.50. The zero-order chi connectivity index (χ0) is 10.8. The molecular formula is C11H21N3. The van der Waals surface area contributed by atoms with Crippen LogP contribution in [0.3, 0.4) is 0 Å². The van der Waals surface area contributed by atoms with Gasteiger partial charge in [-0.15, -0.1) is 0 Å². The highest BCUT2D eigenvalue weighted by atomic mass is 15.2. The highest BCUT2D eigenvalue weighted by Gasteiger charge is 2.27. The van der Waals surface area contributed by atoms with E-state index in [2.05, 4.69) is 24.8 Å². The van der Waals surface area contributed by atoms with Gasteiger partial charge in [0.05, 0.1) is 6.07 Å². The molecule has 3 nitrogen and oxygen atoms in total. The zero-order valence-electron chi connectivity index (χ0n) is 9.45. The number of nitriles is 1. The van der Waals surface area contributed by atoms with Crippen molar-refractivity contribution >= 4 is 0 Å². The molecule has 0 spiro atoms. The molecule has 0 saturated carbocycles. The molecule has 0 aromatic rings. The van der Waals surface area contributed by atoms with E-state index in [9.17, 15) is 0 Å². The topological polar surface area (TPSA) is 53.0 Å². The van der Waals surface area contributed by atoms with Crippen LogP contribution >= 0.6 is 0 Å². The van der Waals surface area contributed by atoms with Crippen molar-refractivity contribution in [1.29, 1.82) is 5.26 Å². The third kappa shape index (κ3) is 3.28. The van der Waals surface area contributed by atoms with Crippen LogP contribution in [-0.4, -0.2) is 30.1 Å². The molecule has 14 heavy (non-hydrogen) atoms. The number of nitrogens with zero attached hydrogens (tertiary/aromatic N) is 2. The van der Waals surface area contributed by atoms with Crippen LogP contribution in [0.4, 0.5) is 0 Å². The predicted octanol–water partition coefficient (Wildman–Crippen LogP) is 1.21. The van der Waals surface area contributed by atoms with E-state index in [0.717, 1.165) is 24.9 Å². The summed E-state index contributed by atoms with van der Waals surface area (Å²) in [5, 5.41) is 8.85. The highest BCUT2D eigenvalue weighted by molar-refractivity contribution is 5.03. The summed E-state index contributed by atoms with van der Waals surface area (Å²) in [4.78, 5) is 2.32. The summed E-state index contributed by atoms with van der Waals surface area (Å²) < 4.78 is 0. The van der Waals surface area contributed by atoms with Gasteiger partial charge in [-0.25, -0.2) is 0 Å². The number of hydrogen-bond acceptors (Lipinski definition) is 3. The third-order valence-corrected chi connectivity index (χ3v) is 2.75. The molecule has 3 atom stereocenters. The number of hydrogen-bond donors (Lipinski definition) is 1. The minimum Gasteiger partial charge on any atom is -0.313 e. The van der Waals surface area contributed by atoms with E-state index < -0.39 is 5.54 Å². The van der Waals surface area contributed by atoms with Crippen LogP contribution in [-0.2, 0) is 0 Å². The fourth-order valence-corrected chi connectivity index (χ4v) is 2.42. The lowest BCUT2D eigenvalue weighted by Gasteiger charge is -2.37. The maximum atomic E-state index is 8.85. The third-order valence-electron chi connectivity index (χ3n) is 2.75. The fourth-order valence-electron chi connectivity index (χ4n) is 2.42. The molecule has 3 heteroatoms. The maximum absolute atomic E-state index is 8.85. The minimum absolute atomic E-state index is 0.693. The second-order valence-corrected chi connectivity index (χ2v) is 5.17. The van der Waals surface area contributed by atoms with Gasteiger partial charge in [0.25, 0.3) is 0 Å². The Morgan fingerprint density at radius 3 is 2.36 bits per heavy atom. The molecule has 1 fully saturated rings. The number of likely N-dealkylation sites (tertiary alicyclic amines) is 1. The van der Waals surface area contributed by atoms with Crippen molar-refractivity contribution < 1.29 is 0 Å². The van der Waals surface area contributed by atoms with E-state index in [-0.39, 0.29) is 0 Å². The molecule has 0 aromatic carbocycles. The van der Waals surface area contributed by atoms with Gasteiger partial charge in [0, 0.05) is 19.6 Å². The van der Waals surface area contributed by atoms with Gasteiger partial charge < -0.3 is 5.73 Å². The predicted molar refractivity (Wildman–Crippen MR) is 57.6 cm³/mol. The average Bonchev–Trinajstić information content (AvgIpc) is 2.01. The Morgan fingerprint density at radius 2 is 1.93 bits per heavy atom. The van der Waals surface area contributed by atoms with Gasteiger partial charge in [0.2, 0.25) is 0 Å². The van der Waals surface area contributed by atoms with Crippen molar-refractivity contribution in [2.24, 2.45) is 17.6 Å². The second-order valence-electron chi connectivity index (χ2n) is 5.17. The Hall–Kier alpha value is -0.590. The first kappa shape index (κ1) is 11.5. The number of piperidine rings is 1. The summed E-state index contributed by atoms with van der Waals surface area (Å²) in [5.41, 5.74) is 5.14. The summed E-state index contributed by atoms with van der Waals surface area (Å²) in [6.45, 7) is 9.19. The Balaban J connectivity index is 2.49. The Labute approximate surface area is 86.9 Å². The van der Waals surface area contributed by atoms with Crippen LogP contribution in [0.1, 0.15) is 27.2 Å². The molecule has 1 aliphatic heterocycles. The zero-order valence-corrected chi connectivity index (χ0v) is 9.45. The first-order valence-corrected chi connectivity index (χ1v) is 5.35. The summed E-state index contributed by atoms with van der Waals surface area (Å²) in [6.07, 6.45) is 1.30. The first-order valence-electron chi connectivity index (χ1n) is 5.35. The Bertz CT molecular complexity index is 219. The van der Waals surface area contributed by atoms with Crippen LogP contribution in [0, 0.1) is 23.2 Å². The van der Waals surface area contributed by atoms with Gasteiger partial charge in [-0.2, -0.15) is 5.26 Å². The van der Waals surface area contributed by atoms with Crippen molar-refractivity contribution in [3.63, 3.8) is 0 Å². The molecule has 1 heterocycles. The van der Waals surface area contributed by atoms with Gasteiger partial charge in [0.15, 0.2) is 0 Å². The Morgan fingerprint density at radius 1 is 1.43 bits per heavy atom. The molecule has 1 saturated heterocycles. The van der Waals surface area contributed by atoms with Crippen molar-refractivity contribution in [3.8, 4) is 6.07 Å². The molecular weight excluding hydrogens is 174 g/mol. The molecule has 0 amide bonds. The second kappa shape index (κ2) is 4.29. The van der Waals surface area contributed by atoms with Crippen molar-refractivity contribution in [1.82, 2.24) is 4.90 Å². The molecule has 0 radical (unpaired) electrons. The van der Waals surface area contributed by atoms with Crippen molar-refractivity contribution in [2.45, 2.75) is 32.7 Å². The SMILES string of the molecule is CC1CC(C)CN(CC(C)(N)C#N)C1. The van der Waals surface area contributed by atoms with E-state index in [0.29, 0.717) is 6.54 Å². The first-order chi connectivity index (χ1) is 6.43. The van der Waals surface area contributed by atoms with E-state index in [4.69, 9.17) is 11.0 Å². The molecule has 3 unspecified atom stereocenters. The largest absolute Gasteiger partial charge is 0.313 e. The van der Waals surface area contributed by atoms with Crippen LogP contribution in [0.2, 0.25) is 0 Å². The number of nitrogens with two attached hydrogens (primary N) is 1. The summed E-state index contributed by atoms with van der Waals surface area (Å²) >= 11 is 0. The molecule has 2 N–H and O–H groups in total. The Kier molecular flexibility index (Phi) is 3.52. The molecule has 80 valence electrons. The molecule has 1 aliphatic rings. The van der Waals surface area contributed by atoms with Crippen LogP contribution in [0.15, 0.2) is 0 Å². The van der Waals surface area contributed by atoms with E-state index in [1.165, 1.54) is 6.42 Å². The van der Waals surface area contributed by atoms with Crippen LogP contribution in [0.25, 0.3) is 0 Å². The lowest BCUT2D eigenvalue weighted by atomic mass is 9.90. The molecule has 0 aromatic heterocycles. The summed E-state index contributed by atoms with van der Waals surface area (Å²) in [7, 11) is 0. The van der Waals surface area contributed by atoms with Gasteiger partial charge in [-0.05, 0) is 25.2 Å². The molecule has 0 bridgehead atoms. The van der Waals surface area contributed by atoms with Gasteiger partial charge >= 0.3 is 0 Å². The lowest BCUT2D eigenvalue weighted by molar-refractivity contribution is 0.126. The van der Waals surface area contributed by atoms with Crippen LogP contribution in [0.5, 0.6) is 0 Å². The van der Waals surface area contributed by atoms with E-state index in [1.54, 1.807) is 6.92 Å². The van der Waals surface area contributed by atoms with Crippen LogP contribution < -0.4 is 5.73 Å². The smallest absolute Gasteiger partial charge is 0.114 e. The van der Waals surface area contributed by atoms with E-state index in [1.807, 2.05) is 0 Å². The standard InChI is InChI=1S/C11H21N3/c1-9-4-10(2)6-14(5-9)8-11(3,13)7-12/h9-10H,4-6,8,13H2,1-3H3.